The zero-order chi connectivity index (χ0) is 21.3. The van der Waals surface area contributed by atoms with Crippen molar-refractivity contribution in [3.05, 3.63) is 72.3 Å². The number of nitrogens with one attached hydrogen (secondary N) is 1. The summed E-state index contributed by atoms with van der Waals surface area (Å²) in [6, 6.07) is 10.4. The fraction of sp³-hybridized carbons (Fsp3) is 0.273. The van der Waals surface area contributed by atoms with Crippen molar-refractivity contribution in [3.63, 3.8) is 0 Å². The van der Waals surface area contributed by atoms with E-state index in [9.17, 15) is 14.0 Å². The Morgan fingerprint density at radius 3 is 2.67 bits per heavy atom. The first-order valence-corrected chi connectivity index (χ1v) is 9.61. The molecule has 2 heterocycles. The number of carbonyl (C=O) groups excluding carboxylic acids is 2. The van der Waals surface area contributed by atoms with Crippen LogP contribution in [0.25, 0.3) is 11.3 Å². The van der Waals surface area contributed by atoms with Crippen LogP contribution in [0.3, 0.4) is 0 Å². The Labute approximate surface area is 173 Å². The van der Waals surface area contributed by atoms with Gasteiger partial charge in [0.15, 0.2) is 11.7 Å². The van der Waals surface area contributed by atoms with Crippen molar-refractivity contribution >= 4 is 11.9 Å². The fourth-order valence-corrected chi connectivity index (χ4v) is 2.82. The first-order chi connectivity index (χ1) is 14.5. The summed E-state index contributed by atoms with van der Waals surface area (Å²) >= 11 is 0. The lowest BCUT2D eigenvalue weighted by Gasteiger charge is -2.16. The summed E-state index contributed by atoms with van der Waals surface area (Å²) in [6.07, 6.45) is 3.73. The first kappa shape index (κ1) is 21.2. The minimum absolute atomic E-state index is 0.0848. The van der Waals surface area contributed by atoms with E-state index < -0.39 is 12.0 Å². The van der Waals surface area contributed by atoms with Gasteiger partial charge in [-0.15, -0.1) is 0 Å². The smallest absolute Gasteiger partial charge is 0.329 e. The number of amides is 1. The Balaban J connectivity index is 1.57. The molecule has 0 bridgehead atoms. The van der Waals surface area contributed by atoms with Crippen LogP contribution in [0.15, 0.2) is 59.3 Å². The largest absolute Gasteiger partial charge is 0.464 e. The molecular weight excluding hydrogens is 389 g/mol. The van der Waals surface area contributed by atoms with Gasteiger partial charge in [-0.05, 0) is 43.3 Å². The van der Waals surface area contributed by atoms with Crippen LogP contribution >= 0.6 is 0 Å². The summed E-state index contributed by atoms with van der Waals surface area (Å²) in [7, 11) is 0. The molecule has 1 amide bonds. The Hall–Kier alpha value is -3.55. The highest BCUT2D eigenvalue weighted by Crippen LogP contribution is 2.21. The molecule has 0 aliphatic heterocycles. The van der Waals surface area contributed by atoms with Crippen molar-refractivity contribution in [3.8, 4) is 11.3 Å². The molecule has 8 heteroatoms. The number of hydrogen-bond acceptors (Lipinski definition) is 6. The number of ether oxygens (including phenoxy) is 1. The molecule has 1 N–H and O–H groups in total. The predicted octanol–water partition coefficient (Wildman–Crippen LogP) is 3.10. The molecule has 0 aliphatic rings. The number of oxazole rings is 1. The Morgan fingerprint density at radius 2 is 1.97 bits per heavy atom. The van der Waals surface area contributed by atoms with Gasteiger partial charge in [-0.2, -0.15) is 0 Å². The number of nitrogens with zero attached hydrogens (tertiary/aromatic N) is 2. The number of aromatic nitrogens is 2. The summed E-state index contributed by atoms with van der Waals surface area (Å²) in [6.45, 7) is 1.93. The van der Waals surface area contributed by atoms with Crippen LogP contribution in [-0.2, 0) is 27.2 Å². The van der Waals surface area contributed by atoms with Crippen molar-refractivity contribution in [1.29, 1.82) is 0 Å². The molecule has 156 valence electrons. The predicted molar refractivity (Wildman–Crippen MR) is 107 cm³/mol. The topological polar surface area (TPSA) is 94.3 Å². The van der Waals surface area contributed by atoms with E-state index in [0.717, 1.165) is 0 Å². The second-order valence-electron chi connectivity index (χ2n) is 6.52. The molecule has 1 aromatic carbocycles. The van der Waals surface area contributed by atoms with Gasteiger partial charge < -0.3 is 14.5 Å². The molecule has 3 aromatic rings. The highest BCUT2D eigenvalue weighted by atomic mass is 19.1. The van der Waals surface area contributed by atoms with Gasteiger partial charge in [0.05, 0.1) is 12.8 Å². The van der Waals surface area contributed by atoms with Gasteiger partial charge >= 0.3 is 5.97 Å². The summed E-state index contributed by atoms with van der Waals surface area (Å²) in [5.74, 6) is -0.305. The molecule has 0 fully saturated rings. The van der Waals surface area contributed by atoms with Crippen molar-refractivity contribution < 1.29 is 23.1 Å². The molecule has 0 unspecified atom stereocenters. The van der Waals surface area contributed by atoms with Gasteiger partial charge in [-0.1, -0.05) is 6.07 Å². The van der Waals surface area contributed by atoms with E-state index in [1.165, 1.54) is 18.3 Å². The number of halogens is 1. The van der Waals surface area contributed by atoms with Crippen LogP contribution in [0, 0.1) is 5.82 Å². The van der Waals surface area contributed by atoms with E-state index in [2.05, 4.69) is 15.3 Å². The number of benzene rings is 1. The van der Waals surface area contributed by atoms with Gasteiger partial charge in [0.1, 0.15) is 11.9 Å². The van der Waals surface area contributed by atoms with Crippen LogP contribution in [-0.4, -0.2) is 34.5 Å². The van der Waals surface area contributed by atoms with Crippen LogP contribution in [0.1, 0.15) is 24.9 Å². The molecule has 3 rings (SSSR count). The lowest BCUT2D eigenvalue weighted by Crippen LogP contribution is -2.43. The second kappa shape index (κ2) is 10.3. The van der Waals surface area contributed by atoms with Gasteiger partial charge in [-0.3, -0.25) is 9.78 Å². The Morgan fingerprint density at radius 1 is 1.17 bits per heavy atom. The zero-order valence-corrected chi connectivity index (χ0v) is 16.5. The Bertz CT molecular complexity index is 974. The van der Waals surface area contributed by atoms with Crippen molar-refractivity contribution in [2.75, 3.05) is 6.61 Å². The summed E-state index contributed by atoms with van der Waals surface area (Å²) in [4.78, 5) is 33.0. The van der Waals surface area contributed by atoms with Gasteiger partial charge in [0.2, 0.25) is 5.91 Å². The molecule has 1 atom stereocenters. The summed E-state index contributed by atoms with van der Waals surface area (Å²) in [5.41, 5.74) is 1.37. The van der Waals surface area contributed by atoms with Gasteiger partial charge in [-0.25, -0.2) is 14.2 Å². The van der Waals surface area contributed by atoms with Gasteiger partial charge in [0, 0.05) is 36.7 Å². The number of carbonyl (C=O) groups is 2. The molecule has 0 aliphatic carbocycles. The Kier molecular flexibility index (Phi) is 7.26. The van der Waals surface area contributed by atoms with Gasteiger partial charge in [0.25, 0.3) is 0 Å². The summed E-state index contributed by atoms with van der Waals surface area (Å²) in [5, 5.41) is 2.70. The molecular formula is C22H22FN3O4. The fourth-order valence-electron chi connectivity index (χ4n) is 2.82. The zero-order valence-electron chi connectivity index (χ0n) is 16.5. The summed E-state index contributed by atoms with van der Waals surface area (Å²) < 4.78 is 23.7. The molecule has 0 radical (unpaired) electrons. The van der Waals surface area contributed by atoms with E-state index in [-0.39, 0.29) is 37.6 Å². The van der Waals surface area contributed by atoms with Crippen molar-refractivity contribution in [2.24, 2.45) is 0 Å². The van der Waals surface area contributed by atoms with E-state index in [1.54, 1.807) is 37.4 Å². The average Bonchev–Trinajstić information content (AvgIpc) is 3.22. The maximum absolute atomic E-state index is 13.0. The van der Waals surface area contributed by atoms with E-state index in [0.29, 0.717) is 22.9 Å². The van der Waals surface area contributed by atoms with Crippen LogP contribution in [0.5, 0.6) is 0 Å². The van der Waals surface area contributed by atoms with Crippen molar-refractivity contribution in [1.82, 2.24) is 15.3 Å². The molecule has 0 spiro atoms. The molecule has 2 aromatic heterocycles. The minimum Gasteiger partial charge on any atom is -0.464 e. The quantitative estimate of drug-likeness (QED) is 0.544. The van der Waals surface area contributed by atoms with E-state index in [1.807, 2.05) is 6.07 Å². The monoisotopic (exact) mass is 411 g/mol. The lowest BCUT2D eigenvalue weighted by atomic mass is 10.1. The number of esters is 1. The third-order valence-corrected chi connectivity index (χ3v) is 4.29. The SMILES string of the molecule is CCOC(=O)[C@H](Cc1ccccn1)NC(=O)CCc1ncc(-c2ccc(F)cc2)o1. The van der Waals surface area contributed by atoms with Crippen LogP contribution in [0.4, 0.5) is 4.39 Å². The van der Waals surface area contributed by atoms with E-state index in [4.69, 9.17) is 9.15 Å². The molecule has 0 saturated heterocycles. The minimum atomic E-state index is -0.827. The lowest BCUT2D eigenvalue weighted by molar-refractivity contribution is -0.147. The highest BCUT2D eigenvalue weighted by Gasteiger charge is 2.23. The number of pyridine rings is 1. The molecule has 0 saturated carbocycles. The van der Waals surface area contributed by atoms with Crippen LogP contribution in [0.2, 0.25) is 0 Å². The number of aryl methyl sites for hydroxylation is 1. The number of rotatable bonds is 9. The second-order valence-corrected chi connectivity index (χ2v) is 6.52. The maximum Gasteiger partial charge on any atom is 0.329 e. The maximum atomic E-state index is 13.0. The normalized spacial score (nSPS) is 11.7. The van der Waals surface area contributed by atoms with Crippen LogP contribution < -0.4 is 5.32 Å². The third kappa shape index (κ3) is 5.97. The molecule has 30 heavy (non-hydrogen) atoms. The highest BCUT2D eigenvalue weighted by molar-refractivity contribution is 5.84. The van der Waals surface area contributed by atoms with Crippen molar-refractivity contribution in [2.45, 2.75) is 32.2 Å². The standard InChI is InChI=1S/C22H22FN3O4/c1-2-29-22(28)18(13-17-5-3-4-12-24-17)26-20(27)10-11-21-25-14-19(30-21)15-6-8-16(23)9-7-15/h3-9,12,14,18H,2,10-11,13H2,1H3,(H,26,27)/t18-/m0/s1. The molecule has 7 nitrogen and oxygen atoms in total. The average molecular weight is 411 g/mol. The first-order valence-electron chi connectivity index (χ1n) is 9.61. The van der Waals surface area contributed by atoms with E-state index >= 15 is 0 Å². The number of hydrogen-bond donors (Lipinski definition) is 1. The third-order valence-electron chi connectivity index (χ3n) is 4.29.